The maximum Gasteiger partial charge on any atom is 0.429 e. The van der Waals surface area contributed by atoms with Crippen LogP contribution in [0.2, 0.25) is 0 Å². The van der Waals surface area contributed by atoms with Crippen LogP contribution in [-0.4, -0.2) is 29.8 Å². The van der Waals surface area contributed by atoms with Crippen molar-refractivity contribution in [3.05, 3.63) is 42.5 Å². The average Bonchev–Trinajstić information content (AvgIpc) is 2.38. The summed E-state index contributed by atoms with van der Waals surface area (Å²) in [4.78, 5) is 12.2. The van der Waals surface area contributed by atoms with E-state index < -0.39 is 5.60 Å². The number of hydrogen-bond donors (Lipinski definition) is 0. The zero-order valence-electron chi connectivity index (χ0n) is 11.7. The maximum atomic E-state index is 12.2. The fourth-order valence-electron chi connectivity index (χ4n) is 1.88. The minimum atomic E-state index is -0.486. The molecule has 0 N–H and O–H groups in total. The van der Waals surface area contributed by atoms with Crippen molar-refractivity contribution in [1.82, 2.24) is 5.01 Å². The van der Waals surface area contributed by atoms with Crippen LogP contribution < -0.4 is 5.01 Å². The fourth-order valence-corrected chi connectivity index (χ4v) is 1.88. The van der Waals surface area contributed by atoms with E-state index in [2.05, 4.69) is 0 Å². The minimum absolute atomic E-state index is 0.319. The molecule has 1 aromatic rings. The molecule has 4 nitrogen and oxygen atoms in total. The Morgan fingerprint density at radius 2 is 1.74 bits per heavy atom. The Kier molecular flexibility index (Phi) is 3.79. The summed E-state index contributed by atoms with van der Waals surface area (Å²) in [6.45, 7) is 6.82. The second-order valence-corrected chi connectivity index (χ2v) is 5.45. The lowest BCUT2D eigenvalue weighted by Crippen LogP contribution is -2.50. The second kappa shape index (κ2) is 5.34. The van der Waals surface area contributed by atoms with E-state index in [9.17, 15) is 4.79 Å². The summed E-state index contributed by atoms with van der Waals surface area (Å²) in [5.41, 5.74) is 0.498. The normalized spacial score (nSPS) is 15.5. The van der Waals surface area contributed by atoms with E-state index >= 15 is 0 Å². The van der Waals surface area contributed by atoms with Crippen LogP contribution in [0.3, 0.4) is 0 Å². The van der Waals surface area contributed by atoms with Gasteiger partial charge in [0.25, 0.3) is 0 Å². The number of rotatable bonds is 1. The van der Waals surface area contributed by atoms with Gasteiger partial charge in [0.15, 0.2) is 0 Å². The highest BCUT2D eigenvalue weighted by molar-refractivity contribution is 5.71. The summed E-state index contributed by atoms with van der Waals surface area (Å²) in [5.74, 6) is 0. The molecule has 0 fully saturated rings. The molecule has 0 bridgehead atoms. The van der Waals surface area contributed by atoms with Crippen LogP contribution in [0.25, 0.3) is 0 Å². The van der Waals surface area contributed by atoms with Gasteiger partial charge in [-0.05, 0) is 32.9 Å². The molecular weight excluding hydrogens is 240 g/mol. The van der Waals surface area contributed by atoms with E-state index in [0.29, 0.717) is 13.1 Å². The molecule has 1 aromatic carbocycles. The number of hydrazine groups is 1. The molecule has 0 spiro atoms. The summed E-state index contributed by atoms with van der Waals surface area (Å²) in [6, 6.07) is 9.84. The molecule has 1 amide bonds. The lowest BCUT2D eigenvalue weighted by atomic mass is 10.2. The predicted molar refractivity (Wildman–Crippen MR) is 75.9 cm³/mol. The third-order valence-electron chi connectivity index (χ3n) is 2.67. The Hall–Kier alpha value is -1.97. The Bertz CT molecular complexity index is 463. The molecule has 0 unspecified atom stereocenters. The molecule has 4 heteroatoms. The zero-order valence-corrected chi connectivity index (χ0v) is 11.7. The van der Waals surface area contributed by atoms with E-state index in [-0.39, 0.29) is 6.09 Å². The monoisotopic (exact) mass is 260 g/mol. The number of amides is 1. The molecule has 102 valence electrons. The number of nitrogens with zero attached hydrogens (tertiary/aromatic N) is 2. The van der Waals surface area contributed by atoms with E-state index in [1.165, 1.54) is 0 Å². The van der Waals surface area contributed by atoms with Gasteiger partial charge in [0.05, 0.1) is 18.8 Å². The van der Waals surface area contributed by atoms with Crippen molar-refractivity contribution < 1.29 is 9.53 Å². The van der Waals surface area contributed by atoms with Gasteiger partial charge >= 0.3 is 6.09 Å². The molecular formula is C15H20N2O2. The summed E-state index contributed by atoms with van der Waals surface area (Å²) >= 11 is 0. The number of para-hydroxylation sites is 1. The Labute approximate surface area is 114 Å². The molecule has 1 aliphatic rings. The van der Waals surface area contributed by atoms with Crippen LogP contribution in [0.15, 0.2) is 42.5 Å². The first-order valence-electron chi connectivity index (χ1n) is 6.45. The highest BCUT2D eigenvalue weighted by Gasteiger charge is 2.27. The van der Waals surface area contributed by atoms with Crippen LogP contribution in [0.5, 0.6) is 0 Å². The Morgan fingerprint density at radius 1 is 1.11 bits per heavy atom. The number of anilines is 1. The molecule has 0 radical (unpaired) electrons. The Morgan fingerprint density at radius 3 is 2.37 bits per heavy atom. The van der Waals surface area contributed by atoms with Crippen molar-refractivity contribution >= 4 is 11.8 Å². The molecule has 0 aliphatic carbocycles. The van der Waals surface area contributed by atoms with Gasteiger partial charge in [-0.1, -0.05) is 30.4 Å². The van der Waals surface area contributed by atoms with Crippen molar-refractivity contribution in [2.45, 2.75) is 26.4 Å². The summed E-state index contributed by atoms with van der Waals surface area (Å²) in [7, 11) is 0. The van der Waals surface area contributed by atoms with Crippen LogP contribution in [0, 0.1) is 0 Å². The first kappa shape index (κ1) is 13.5. The van der Waals surface area contributed by atoms with Crippen molar-refractivity contribution in [2.75, 3.05) is 18.1 Å². The summed E-state index contributed by atoms with van der Waals surface area (Å²) in [5, 5.41) is 3.55. The number of benzene rings is 1. The quantitative estimate of drug-likeness (QED) is 0.727. The molecule has 1 heterocycles. The lowest BCUT2D eigenvalue weighted by molar-refractivity contribution is 0.0246. The lowest BCUT2D eigenvalue weighted by Gasteiger charge is -2.38. The van der Waals surface area contributed by atoms with Crippen molar-refractivity contribution in [1.29, 1.82) is 0 Å². The maximum absolute atomic E-state index is 12.2. The predicted octanol–water partition coefficient (Wildman–Crippen LogP) is 3.21. The van der Waals surface area contributed by atoms with Crippen LogP contribution in [0.4, 0.5) is 10.5 Å². The third-order valence-corrected chi connectivity index (χ3v) is 2.67. The van der Waals surface area contributed by atoms with Crippen molar-refractivity contribution in [3.8, 4) is 0 Å². The van der Waals surface area contributed by atoms with Gasteiger partial charge in [-0.2, -0.15) is 0 Å². The second-order valence-electron chi connectivity index (χ2n) is 5.45. The van der Waals surface area contributed by atoms with Crippen LogP contribution >= 0.6 is 0 Å². The van der Waals surface area contributed by atoms with E-state index in [4.69, 9.17) is 4.74 Å². The van der Waals surface area contributed by atoms with Gasteiger partial charge in [0.1, 0.15) is 5.60 Å². The minimum Gasteiger partial charge on any atom is -0.442 e. The Balaban J connectivity index is 2.18. The summed E-state index contributed by atoms with van der Waals surface area (Å²) in [6.07, 6.45) is 3.71. The summed E-state index contributed by atoms with van der Waals surface area (Å²) < 4.78 is 5.44. The smallest absolute Gasteiger partial charge is 0.429 e. The van der Waals surface area contributed by atoms with Crippen LogP contribution in [0.1, 0.15) is 20.8 Å². The fraction of sp³-hybridized carbons (Fsp3) is 0.400. The van der Waals surface area contributed by atoms with Gasteiger partial charge in [0, 0.05) is 0 Å². The number of carbonyl (C=O) groups excluding carboxylic acids is 1. The molecule has 0 saturated heterocycles. The first-order valence-corrected chi connectivity index (χ1v) is 6.45. The van der Waals surface area contributed by atoms with Crippen LogP contribution in [-0.2, 0) is 4.74 Å². The van der Waals surface area contributed by atoms with Gasteiger partial charge in [0.2, 0.25) is 0 Å². The molecule has 1 aliphatic heterocycles. The molecule has 0 atom stereocenters. The highest BCUT2D eigenvalue weighted by Crippen LogP contribution is 2.20. The number of ether oxygens (including phenoxy) is 1. The molecule has 19 heavy (non-hydrogen) atoms. The standard InChI is InChI=1S/C15H20N2O2/c1-15(2,3)19-14(18)17-12-8-7-11-16(17)13-9-5-4-6-10-13/h4-10H,11-12H2,1-3H3. The SMILES string of the molecule is CC(C)(C)OC(=O)N1CC=CCN1c1ccccc1. The molecule has 0 aromatic heterocycles. The van der Waals surface area contributed by atoms with E-state index in [1.54, 1.807) is 5.01 Å². The average molecular weight is 260 g/mol. The highest BCUT2D eigenvalue weighted by atomic mass is 16.6. The zero-order chi connectivity index (χ0) is 13.9. The van der Waals surface area contributed by atoms with Crippen molar-refractivity contribution in [2.24, 2.45) is 0 Å². The molecule has 2 rings (SSSR count). The van der Waals surface area contributed by atoms with Gasteiger partial charge in [-0.15, -0.1) is 0 Å². The van der Waals surface area contributed by atoms with Gasteiger partial charge in [-0.3, -0.25) is 5.01 Å². The topological polar surface area (TPSA) is 32.8 Å². The number of hydrogen-bond acceptors (Lipinski definition) is 3. The van der Waals surface area contributed by atoms with Crippen molar-refractivity contribution in [3.63, 3.8) is 0 Å². The first-order chi connectivity index (χ1) is 8.97. The largest absolute Gasteiger partial charge is 0.442 e. The van der Waals surface area contributed by atoms with E-state index in [1.807, 2.05) is 68.3 Å². The third kappa shape index (κ3) is 3.50. The van der Waals surface area contributed by atoms with Gasteiger partial charge in [-0.25, -0.2) is 9.80 Å². The molecule has 0 saturated carbocycles. The van der Waals surface area contributed by atoms with E-state index in [0.717, 1.165) is 5.69 Å². The number of carbonyl (C=O) groups is 1. The van der Waals surface area contributed by atoms with Gasteiger partial charge < -0.3 is 4.74 Å².